The van der Waals surface area contributed by atoms with Crippen LogP contribution in [0.25, 0.3) is 33.6 Å². The number of carbonyl (C=O) groups is 4. The molecule has 6 atom stereocenters. The fourth-order valence-corrected chi connectivity index (χ4v) is 9.59. The number of likely N-dealkylation sites (tertiary alicyclic amines) is 2. The standard InChI is InChI=1S/C44H44Cl2F8N8O8/c1-41(2,43(49,50)51)31(57-39(65)67-5)37(63)61-13-21(47)11-23(61)35-55-29(33(45)59-35)17-7-19-15-70-26-10-18(8-20-16-69-25(9-17)27(19)28(20)26)30-34(46)60-36(56-30)24-12-22(48)14-62(24)38(64)32(58-40(66)68-6)42(3,4)44(52,53)54/h7-10,21-24,31-32H,11-16H2,1-6H3,(H,55,59)(H,56,60)(H,57,65)(H,58,66)/t21-,22-,23-,24-,31+,32+/m0/s1. The van der Waals surface area contributed by atoms with Crippen molar-refractivity contribution in [3.63, 3.8) is 0 Å². The van der Waals surface area contributed by atoms with Crippen LogP contribution in [-0.2, 0) is 32.3 Å². The third-order valence-electron chi connectivity index (χ3n) is 13.3. The molecule has 16 nitrogen and oxygen atoms in total. The molecule has 0 spiro atoms. The van der Waals surface area contributed by atoms with Crippen LogP contribution in [0.1, 0.15) is 75.4 Å². The number of hydrogen-bond donors (Lipinski definition) is 4. The number of imidazole rings is 2. The van der Waals surface area contributed by atoms with Gasteiger partial charge in [-0.25, -0.2) is 28.3 Å². The summed E-state index contributed by atoms with van der Waals surface area (Å²) < 4.78 is 137. The Kier molecular flexibility index (Phi) is 12.9. The first-order chi connectivity index (χ1) is 32.7. The van der Waals surface area contributed by atoms with Crippen molar-refractivity contribution in [3.05, 3.63) is 57.3 Å². The number of rotatable bonds is 10. The Balaban J connectivity index is 1.07. The van der Waals surface area contributed by atoms with E-state index in [1.807, 2.05) is 10.6 Å². The molecule has 378 valence electrons. The lowest BCUT2D eigenvalue weighted by atomic mass is 9.82. The number of amides is 4. The molecule has 2 aromatic heterocycles. The highest BCUT2D eigenvalue weighted by atomic mass is 35.5. The number of nitrogens with one attached hydrogen (secondary N) is 4. The second-order valence-electron chi connectivity index (χ2n) is 18.4. The number of benzene rings is 2. The average Bonchev–Trinajstić information content (AvgIpc) is 4.09. The molecule has 2 saturated heterocycles. The molecule has 4 amide bonds. The molecule has 2 fully saturated rings. The van der Waals surface area contributed by atoms with E-state index < -0.39 is 96.8 Å². The topological polar surface area (TPSA) is 193 Å². The largest absolute Gasteiger partial charge is 0.488 e. The summed E-state index contributed by atoms with van der Waals surface area (Å²) in [4.78, 5) is 68.5. The molecule has 2 aromatic carbocycles. The maximum absolute atomic E-state index is 15.1. The Morgan fingerprint density at radius 1 is 0.671 bits per heavy atom. The van der Waals surface area contributed by atoms with Crippen molar-refractivity contribution in [3.8, 4) is 45.1 Å². The maximum atomic E-state index is 15.1. The van der Waals surface area contributed by atoms with Crippen LogP contribution in [0.5, 0.6) is 11.5 Å². The summed E-state index contributed by atoms with van der Waals surface area (Å²) in [7, 11) is 1.84. The van der Waals surface area contributed by atoms with Gasteiger partial charge in [-0.05, 0) is 52.0 Å². The fraction of sp³-hybridized carbons (Fsp3) is 0.500. The predicted octanol–water partition coefficient (Wildman–Crippen LogP) is 9.07. The second kappa shape index (κ2) is 18.0. The van der Waals surface area contributed by atoms with Crippen molar-refractivity contribution >= 4 is 47.2 Å². The number of aromatic nitrogens is 4. The van der Waals surface area contributed by atoms with E-state index in [2.05, 4.69) is 29.4 Å². The summed E-state index contributed by atoms with van der Waals surface area (Å²) in [6, 6.07) is -0.0186. The lowest BCUT2D eigenvalue weighted by Gasteiger charge is -2.38. The van der Waals surface area contributed by atoms with E-state index in [0.717, 1.165) is 51.7 Å². The van der Waals surface area contributed by atoms with Gasteiger partial charge in [-0.1, -0.05) is 23.2 Å². The molecule has 4 aliphatic rings. The third-order valence-corrected chi connectivity index (χ3v) is 13.9. The van der Waals surface area contributed by atoms with Gasteiger partial charge in [0.1, 0.15) is 60.8 Å². The molecule has 8 rings (SSSR count). The lowest BCUT2D eigenvalue weighted by Crippen LogP contribution is -2.60. The Morgan fingerprint density at radius 2 is 1.03 bits per heavy atom. The van der Waals surface area contributed by atoms with Gasteiger partial charge in [-0.15, -0.1) is 0 Å². The maximum Gasteiger partial charge on any atom is 0.407 e. The number of halogens is 10. The third kappa shape index (κ3) is 8.78. The number of carbonyl (C=O) groups excluding carboxylic acids is 4. The van der Waals surface area contributed by atoms with Crippen LogP contribution in [0.2, 0.25) is 10.3 Å². The minimum absolute atomic E-state index is 0.0138. The molecule has 0 aliphatic carbocycles. The number of methoxy groups -OCH3 is 2. The Hall–Kier alpha value is -6.04. The molecule has 6 heterocycles. The van der Waals surface area contributed by atoms with Crippen LogP contribution in [0, 0.1) is 10.8 Å². The van der Waals surface area contributed by atoms with E-state index >= 15 is 8.78 Å². The summed E-state index contributed by atoms with van der Waals surface area (Å²) in [5.41, 5.74) is -1.72. The van der Waals surface area contributed by atoms with Crippen LogP contribution in [0.4, 0.5) is 44.7 Å². The molecule has 0 radical (unpaired) electrons. The summed E-state index contributed by atoms with van der Waals surface area (Å²) in [5, 5.41) is 3.72. The van der Waals surface area contributed by atoms with Gasteiger partial charge in [-0.2, -0.15) is 26.3 Å². The number of aromatic amines is 2. The van der Waals surface area contributed by atoms with Crippen molar-refractivity contribution in [1.29, 1.82) is 0 Å². The Morgan fingerprint density at radius 3 is 1.36 bits per heavy atom. The zero-order valence-electron chi connectivity index (χ0n) is 37.9. The van der Waals surface area contributed by atoms with Gasteiger partial charge in [0.15, 0.2) is 10.3 Å². The normalized spacial score (nSPS) is 20.8. The number of ether oxygens (including phenoxy) is 4. The van der Waals surface area contributed by atoms with Crippen LogP contribution in [-0.4, -0.2) is 118 Å². The summed E-state index contributed by atoms with van der Waals surface area (Å²) in [6.07, 6.45) is -16.6. The molecular weight excluding hydrogens is 991 g/mol. The number of hydrogen-bond acceptors (Lipinski definition) is 10. The zero-order valence-corrected chi connectivity index (χ0v) is 39.4. The van der Waals surface area contributed by atoms with Gasteiger partial charge in [0.05, 0.1) is 61.6 Å². The summed E-state index contributed by atoms with van der Waals surface area (Å²) in [6.45, 7) is 1.70. The summed E-state index contributed by atoms with van der Waals surface area (Å²) in [5.74, 6) is -1.69. The average molecular weight is 1040 g/mol. The van der Waals surface area contributed by atoms with E-state index in [9.17, 15) is 45.5 Å². The fourth-order valence-electron chi connectivity index (χ4n) is 9.09. The highest BCUT2D eigenvalue weighted by Gasteiger charge is 2.59. The van der Waals surface area contributed by atoms with Crippen molar-refractivity contribution in [2.24, 2.45) is 10.8 Å². The molecule has 70 heavy (non-hydrogen) atoms. The molecule has 0 unspecified atom stereocenters. The Bertz CT molecular complexity index is 2530. The van der Waals surface area contributed by atoms with Crippen molar-refractivity contribution in [2.45, 2.75) is 103 Å². The van der Waals surface area contributed by atoms with Gasteiger partial charge in [-0.3, -0.25) is 9.59 Å². The number of alkyl carbamates (subject to hydrolysis) is 2. The van der Waals surface area contributed by atoms with Gasteiger partial charge in [0, 0.05) is 46.2 Å². The van der Waals surface area contributed by atoms with E-state index in [4.69, 9.17) is 32.7 Å². The van der Waals surface area contributed by atoms with Gasteiger partial charge in [0.2, 0.25) is 11.8 Å². The molecule has 26 heteroatoms. The van der Waals surface area contributed by atoms with E-state index in [1.165, 1.54) is 0 Å². The van der Waals surface area contributed by atoms with Gasteiger partial charge in [0.25, 0.3) is 0 Å². The molecule has 0 saturated carbocycles. The first-order valence-corrected chi connectivity index (χ1v) is 22.2. The quantitative estimate of drug-likeness (QED) is 0.111. The number of alkyl halides is 8. The van der Waals surface area contributed by atoms with E-state index in [1.54, 1.807) is 24.3 Å². The Labute approximate surface area is 403 Å². The highest BCUT2D eigenvalue weighted by molar-refractivity contribution is 6.32. The number of nitrogens with zero attached hydrogens (tertiary/aromatic N) is 4. The van der Waals surface area contributed by atoms with Crippen LogP contribution >= 0.6 is 23.2 Å². The smallest absolute Gasteiger partial charge is 0.407 e. The van der Waals surface area contributed by atoms with Crippen molar-refractivity contribution in [2.75, 3.05) is 27.3 Å². The summed E-state index contributed by atoms with van der Waals surface area (Å²) >= 11 is 13.3. The zero-order chi connectivity index (χ0) is 51.2. The van der Waals surface area contributed by atoms with E-state index in [0.29, 0.717) is 44.9 Å². The van der Waals surface area contributed by atoms with Gasteiger partial charge >= 0.3 is 24.5 Å². The van der Waals surface area contributed by atoms with E-state index in [-0.39, 0.29) is 59.4 Å². The van der Waals surface area contributed by atoms with Crippen LogP contribution in [0.3, 0.4) is 0 Å². The minimum Gasteiger partial charge on any atom is -0.488 e. The molecule has 4 aliphatic heterocycles. The highest BCUT2D eigenvalue weighted by Crippen LogP contribution is 2.52. The molecule has 4 N–H and O–H groups in total. The van der Waals surface area contributed by atoms with Crippen molar-refractivity contribution < 1.29 is 73.2 Å². The first kappa shape index (κ1) is 50.4. The van der Waals surface area contributed by atoms with Gasteiger partial charge < -0.3 is 49.3 Å². The lowest BCUT2D eigenvalue weighted by molar-refractivity contribution is -0.222. The number of H-pyrrole nitrogens is 2. The van der Waals surface area contributed by atoms with Crippen LogP contribution in [0.15, 0.2) is 24.3 Å². The molecular formula is C44H44Cl2F8N8O8. The predicted molar refractivity (Wildman–Crippen MR) is 232 cm³/mol. The minimum atomic E-state index is -4.98. The van der Waals surface area contributed by atoms with Crippen molar-refractivity contribution in [1.82, 2.24) is 40.4 Å². The first-order valence-electron chi connectivity index (χ1n) is 21.5. The SMILES string of the molecule is COC(=O)N[C@H](C(=O)N1C[C@@H](F)C[C@H]1c1nc(Cl)c(-c2cc3c4c(c2)OCc2cc(-c5[nH]c([C@@H]6C[C@H](F)CN6C(=O)[C@@H](NC(=O)OC)C(C)(C)C(F)(F)F)nc5Cl)cc(c2-4)OC3)[nH]1)C(C)(C)C(F)(F)F. The monoisotopic (exact) mass is 1030 g/mol. The molecule has 0 bridgehead atoms. The van der Waals surface area contributed by atoms with Crippen LogP contribution < -0.4 is 20.1 Å². The molecule has 4 aromatic rings. The second-order valence-corrected chi connectivity index (χ2v) is 19.1.